The topological polar surface area (TPSA) is 82.7 Å². The first-order chi connectivity index (χ1) is 13.4. The zero-order valence-corrected chi connectivity index (χ0v) is 17.8. The summed E-state index contributed by atoms with van der Waals surface area (Å²) in [6.07, 6.45) is 1.81. The minimum atomic E-state index is -0.785. The number of hydrogen-bond donors (Lipinski definition) is 1. The van der Waals surface area contributed by atoms with Crippen LogP contribution in [0.25, 0.3) is 11.4 Å². The molecule has 0 bridgehead atoms. The van der Waals surface area contributed by atoms with Crippen LogP contribution in [0.4, 0.5) is 4.39 Å². The van der Waals surface area contributed by atoms with E-state index in [9.17, 15) is 9.18 Å². The standard InChI is InChI=1S/C20H27FN4O3.ClH/c1-4-24(12-18(26)27)16-7-9-25(10-8-16)14(3)20-22-19(23-28-20)15-5-6-17(21)13(2)11-15;/h5-6,11,14,16H,4,7-10,12H2,1-3H3,(H,26,27);1H. The van der Waals surface area contributed by atoms with E-state index in [0.717, 1.165) is 38.0 Å². The number of aryl methyl sites for hydroxylation is 1. The Morgan fingerprint density at radius 1 is 1.41 bits per heavy atom. The number of carbonyl (C=O) groups is 1. The van der Waals surface area contributed by atoms with E-state index in [0.29, 0.717) is 17.3 Å². The molecule has 0 spiro atoms. The van der Waals surface area contributed by atoms with Gasteiger partial charge in [0.05, 0.1) is 12.6 Å². The van der Waals surface area contributed by atoms with Crippen molar-refractivity contribution in [2.45, 2.75) is 45.7 Å². The summed E-state index contributed by atoms with van der Waals surface area (Å²) in [5, 5.41) is 13.1. The van der Waals surface area contributed by atoms with Crippen molar-refractivity contribution in [3.63, 3.8) is 0 Å². The molecule has 160 valence electrons. The molecule has 0 aliphatic carbocycles. The van der Waals surface area contributed by atoms with E-state index in [1.54, 1.807) is 19.1 Å². The minimum Gasteiger partial charge on any atom is -0.480 e. The lowest BCUT2D eigenvalue weighted by molar-refractivity contribution is -0.139. The Morgan fingerprint density at radius 2 is 2.10 bits per heavy atom. The zero-order chi connectivity index (χ0) is 20.3. The molecule has 9 heteroatoms. The SMILES string of the molecule is CCN(CC(=O)O)C1CCN(C(C)c2nc(-c3ccc(F)c(C)c3)no2)CC1.Cl. The number of carboxylic acids is 1. The number of piperidine rings is 1. The number of likely N-dealkylation sites (N-methyl/N-ethyl adjacent to an activating group) is 1. The minimum absolute atomic E-state index is 0. The lowest BCUT2D eigenvalue weighted by Crippen LogP contribution is -2.47. The molecule has 1 aliphatic rings. The van der Waals surface area contributed by atoms with Crippen LogP contribution in [0.1, 0.15) is 44.2 Å². The highest BCUT2D eigenvalue weighted by atomic mass is 35.5. The summed E-state index contributed by atoms with van der Waals surface area (Å²) in [6.45, 7) is 8.23. The molecule has 7 nitrogen and oxygen atoms in total. The van der Waals surface area contributed by atoms with Crippen molar-refractivity contribution >= 4 is 18.4 Å². The Labute approximate surface area is 176 Å². The van der Waals surface area contributed by atoms with Crippen molar-refractivity contribution in [3.8, 4) is 11.4 Å². The molecule has 1 unspecified atom stereocenters. The van der Waals surface area contributed by atoms with Gasteiger partial charge in [-0.25, -0.2) is 4.39 Å². The Balaban J connectivity index is 0.00000300. The number of halogens is 2. The molecule has 1 N–H and O–H groups in total. The lowest BCUT2D eigenvalue weighted by atomic mass is 10.0. The van der Waals surface area contributed by atoms with Gasteiger partial charge in [-0.2, -0.15) is 4.98 Å². The Hall–Kier alpha value is -2.03. The number of aromatic nitrogens is 2. The van der Waals surface area contributed by atoms with Crippen molar-refractivity contribution in [2.24, 2.45) is 0 Å². The van der Waals surface area contributed by atoms with Crippen molar-refractivity contribution in [3.05, 3.63) is 35.5 Å². The molecule has 1 saturated heterocycles. The van der Waals surface area contributed by atoms with Crippen LogP contribution in [0, 0.1) is 12.7 Å². The van der Waals surface area contributed by atoms with Gasteiger partial charge in [-0.1, -0.05) is 12.1 Å². The van der Waals surface area contributed by atoms with Crippen LogP contribution in [-0.4, -0.2) is 63.2 Å². The number of nitrogens with zero attached hydrogens (tertiary/aromatic N) is 4. The first kappa shape index (κ1) is 23.3. The maximum Gasteiger partial charge on any atom is 0.317 e. The number of rotatable bonds is 7. The van der Waals surface area contributed by atoms with Crippen molar-refractivity contribution in [2.75, 3.05) is 26.2 Å². The Kier molecular flexibility index (Phi) is 8.13. The van der Waals surface area contributed by atoms with Gasteiger partial charge in [0.25, 0.3) is 0 Å². The van der Waals surface area contributed by atoms with E-state index in [4.69, 9.17) is 9.63 Å². The van der Waals surface area contributed by atoms with Crippen LogP contribution in [0.3, 0.4) is 0 Å². The molecule has 1 fully saturated rings. The van der Waals surface area contributed by atoms with E-state index in [1.165, 1.54) is 6.07 Å². The van der Waals surface area contributed by atoms with Gasteiger partial charge in [-0.15, -0.1) is 12.4 Å². The van der Waals surface area contributed by atoms with E-state index in [-0.39, 0.29) is 36.9 Å². The van der Waals surface area contributed by atoms with Crippen molar-refractivity contribution < 1.29 is 18.8 Å². The largest absolute Gasteiger partial charge is 0.480 e. The summed E-state index contributed by atoms with van der Waals surface area (Å²) in [6, 6.07) is 5.02. The third-order valence-electron chi connectivity index (χ3n) is 5.52. The maximum atomic E-state index is 13.5. The number of aliphatic carboxylic acids is 1. The number of carboxylic acid groups (broad SMARTS) is 1. The van der Waals surface area contributed by atoms with Crippen LogP contribution in [-0.2, 0) is 4.79 Å². The van der Waals surface area contributed by atoms with Crippen LogP contribution in [0.15, 0.2) is 22.7 Å². The lowest BCUT2D eigenvalue weighted by Gasteiger charge is -2.39. The van der Waals surface area contributed by atoms with Gasteiger partial charge in [0.2, 0.25) is 11.7 Å². The highest BCUT2D eigenvalue weighted by Gasteiger charge is 2.29. The first-order valence-electron chi connectivity index (χ1n) is 9.69. The fourth-order valence-corrected chi connectivity index (χ4v) is 3.77. The smallest absolute Gasteiger partial charge is 0.317 e. The molecule has 29 heavy (non-hydrogen) atoms. The van der Waals surface area contributed by atoms with Gasteiger partial charge in [-0.05, 0) is 57.0 Å². The summed E-state index contributed by atoms with van der Waals surface area (Å²) < 4.78 is 18.9. The molecule has 0 amide bonds. The molecule has 0 radical (unpaired) electrons. The summed E-state index contributed by atoms with van der Waals surface area (Å²) in [7, 11) is 0. The molecule has 1 aliphatic heterocycles. The molecule has 1 aromatic carbocycles. The Bertz CT molecular complexity index is 824. The molecule has 2 aromatic rings. The number of benzene rings is 1. The molecule has 2 heterocycles. The van der Waals surface area contributed by atoms with Gasteiger partial charge in [0.15, 0.2) is 0 Å². The van der Waals surface area contributed by atoms with Gasteiger partial charge in [0, 0.05) is 24.7 Å². The second-order valence-electron chi connectivity index (χ2n) is 7.32. The average Bonchev–Trinajstić information content (AvgIpc) is 3.18. The van der Waals surface area contributed by atoms with Crippen LogP contribution in [0.5, 0.6) is 0 Å². The van der Waals surface area contributed by atoms with E-state index < -0.39 is 5.97 Å². The Morgan fingerprint density at radius 3 is 2.69 bits per heavy atom. The second kappa shape index (κ2) is 10.1. The number of hydrogen-bond acceptors (Lipinski definition) is 6. The summed E-state index contributed by atoms with van der Waals surface area (Å²) in [5.74, 6) is -0.0495. The molecular weight excluding hydrogens is 399 g/mol. The van der Waals surface area contributed by atoms with Gasteiger partial charge >= 0.3 is 5.97 Å². The molecule has 1 atom stereocenters. The average molecular weight is 427 g/mol. The summed E-state index contributed by atoms with van der Waals surface area (Å²) in [4.78, 5) is 19.8. The highest BCUT2D eigenvalue weighted by molar-refractivity contribution is 5.85. The van der Waals surface area contributed by atoms with Crippen molar-refractivity contribution in [1.29, 1.82) is 0 Å². The quantitative estimate of drug-likeness (QED) is 0.724. The van der Waals surface area contributed by atoms with Gasteiger partial charge < -0.3 is 9.63 Å². The molecular formula is C20H28ClFN4O3. The molecule has 1 aromatic heterocycles. The molecule has 3 rings (SSSR count). The van der Waals surface area contributed by atoms with Crippen LogP contribution < -0.4 is 0 Å². The second-order valence-corrected chi connectivity index (χ2v) is 7.32. The van der Waals surface area contributed by atoms with Crippen LogP contribution >= 0.6 is 12.4 Å². The van der Waals surface area contributed by atoms with Gasteiger partial charge in [-0.3, -0.25) is 14.6 Å². The fourth-order valence-electron chi connectivity index (χ4n) is 3.77. The highest BCUT2D eigenvalue weighted by Crippen LogP contribution is 2.27. The first-order valence-corrected chi connectivity index (χ1v) is 9.69. The molecule has 0 saturated carbocycles. The summed E-state index contributed by atoms with van der Waals surface area (Å²) in [5.41, 5.74) is 1.27. The number of likely N-dealkylation sites (tertiary alicyclic amines) is 1. The summed E-state index contributed by atoms with van der Waals surface area (Å²) >= 11 is 0. The fraction of sp³-hybridized carbons (Fsp3) is 0.550. The predicted octanol–water partition coefficient (Wildman–Crippen LogP) is 3.54. The van der Waals surface area contributed by atoms with Crippen molar-refractivity contribution in [1.82, 2.24) is 19.9 Å². The third-order valence-corrected chi connectivity index (χ3v) is 5.52. The monoisotopic (exact) mass is 426 g/mol. The predicted molar refractivity (Wildman–Crippen MR) is 110 cm³/mol. The van der Waals surface area contributed by atoms with E-state index in [1.807, 2.05) is 18.7 Å². The third kappa shape index (κ3) is 5.52. The van der Waals surface area contributed by atoms with Crippen LogP contribution in [0.2, 0.25) is 0 Å². The van der Waals surface area contributed by atoms with Gasteiger partial charge in [0.1, 0.15) is 5.82 Å². The maximum absolute atomic E-state index is 13.5. The van der Waals surface area contributed by atoms with E-state index >= 15 is 0 Å². The van der Waals surface area contributed by atoms with E-state index in [2.05, 4.69) is 15.0 Å². The zero-order valence-electron chi connectivity index (χ0n) is 17.0. The normalized spacial score (nSPS) is 16.6.